The number of anilines is 1. The van der Waals surface area contributed by atoms with Gasteiger partial charge in [0.2, 0.25) is 0 Å². The van der Waals surface area contributed by atoms with Crippen LogP contribution in [0.5, 0.6) is 5.75 Å². The number of aromatic nitrogens is 2. The lowest BCUT2D eigenvalue weighted by Gasteiger charge is -2.20. The molecule has 0 saturated heterocycles. The molecule has 0 atom stereocenters. The zero-order chi connectivity index (χ0) is 14.4. The summed E-state index contributed by atoms with van der Waals surface area (Å²) in [7, 11) is 0. The Kier molecular flexibility index (Phi) is 2.82. The zero-order valence-corrected chi connectivity index (χ0v) is 11.7. The van der Waals surface area contributed by atoms with Crippen molar-refractivity contribution >= 4 is 5.82 Å². The molecule has 5 nitrogen and oxygen atoms in total. The van der Waals surface area contributed by atoms with Gasteiger partial charge >= 0.3 is 0 Å². The summed E-state index contributed by atoms with van der Waals surface area (Å²) in [6.07, 6.45) is 3.18. The Balaban J connectivity index is 1.83. The summed E-state index contributed by atoms with van der Waals surface area (Å²) >= 11 is 0. The van der Waals surface area contributed by atoms with E-state index in [1.807, 2.05) is 12.1 Å². The van der Waals surface area contributed by atoms with Gasteiger partial charge in [-0.2, -0.15) is 0 Å². The molecular formula is C16H17N3O2. The number of aromatic hydroxyl groups is 1. The van der Waals surface area contributed by atoms with E-state index in [2.05, 4.69) is 16.3 Å². The highest BCUT2D eigenvalue weighted by molar-refractivity contribution is 5.72. The highest BCUT2D eigenvalue weighted by Gasteiger charge is 2.26. The molecule has 21 heavy (non-hydrogen) atoms. The molecule has 5 heteroatoms. The van der Waals surface area contributed by atoms with E-state index in [1.165, 1.54) is 18.4 Å². The van der Waals surface area contributed by atoms with E-state index in [9.17, 15) is 5.11 Å². The molecule has 1 saturated carbocycles. The zero-order valence-electron chi connectivity index (χ0n) is 11.7. The quantitative estimate of drug-likeness (QED) is 0.884. The van der Waals surface area contributed by atoms with Crippen LogP contribution in [-0.4, -0.2) is 21.9 Å². The molecule has 2 aliphatic rings. The lowest BCUT2D eigenvalue weighted by atomic mass is 9.96. The Hall–Kier alpha value is -2.14. The molecule has 0 spiro atoms. The molecule has 0 radical (unpaired) electrons. The maximum absolute atomic E-state index is 10.4. The van der Waals surface area contributed by atoms with Gasteiger partial charge in [0, 0.05) is 11.1 Å². The molecule has 0 bridgehead atoms. The monoisotopic (exact) mass is 283 g/mol. The van der Waals surface area contributed by atoms with Crippen molar-refractivity contribution in [3.8, 4) is 17.0 Å². The van der Waals surface area contributed by atoms with Gasteiger partial charge in [-0.05, 0) is 48.4 Å². The Morgan fingerprint density at radius 1 is 1.19 bits per heavy atom. The van der Waals surface area contributed by atoms with Crippen molar-refractivity contribution in [1.29, 1.82) is 0 Å². The average molecular weight is 283 g/mol. The van der Waals surface area contributed by atoms with Crippen LogP contribution in [0, 0.1) is 0 Å². The summed E-state index contributed by atoms with van der Waals surface area (Å²) in [5.41, 5.74) is 10.5. The third-order valence-corrected chi connectivity index (χ3v) is 4.29. The number of phenols is 1. The fourth-order valence-corrected chi connectivity index (χ4v) is 2.94. The molecule has 1 fully saturated rings. The number of benzene rings is 1. The van der Waals surface area contributed by atoms with Crippen LogP contribution in [0.3, 0.4) is 0 Å². The van der Waals surface area contributed by atoms with E-state index >= 15 is 0 Å². The average Bonchev–Trinajstić information content (AvgIpc) is 3.33. The van der Waals surface area contributed by atoms with E-state index in [-0.39, 0.29) is 5.75 Å². The highest BCUT2D eigenvalue weighted by atomic mass is 16.5. The standard InChI is InChI=1S/C16H17N3O2/c17-16-13-8-21-6-5-11(13)15(18-19-16)12-4-3-10(7-14(12)20)9-1-2-9/h3-4,7,9,20H,1-2,5-6,8H2,(H2,17,19). The van der Waals surface area contributed by atoms with Gasteiger partial charge in [-0.25, -0.2) is 0 Å². The topological polar surface area (TPSA) is 81.3 Å². The first-order valence-corrected chi connectivity index (χ1v) is 7.29. The first-order valence-electron chi connectivity index (χ1n) is 7.29. The SMILES string of the molecule is Nc1nnc(-c2ccc(C3CC3)cc2O)c2c1COCC2. The van der Waals surface area contributed by atoms with Crippen LogP contribution in [0.1, 0.15) is 35.4 Å². The van der Waals surface area contributed by atoms with Gasteiger partial charge < -0.3 is 15.6 Å². The molecule has 4 rings (SSSR count). The summed E-state index contributed by atoms with van der Waals surface area (Å²) in [5, 5.41) is 18.6. The normalized spacial score (nSPS) is 17.5. The van der Waals surface area contributed by atoms with E-state index in [1.54, 1.807) is 0 Å². The number of nitrogen functional groups attached to an aromatic ring is 1. The van der Waals surface area contributed by atoms with Crippen molar-refractivity contribution in [3.63, 3.8) is 0 Å². The minimum absolute atomic E-state index is 0.271. The van der Waals surface area contributed by atoms with Gasteiger partial charge in [0.15, 0.2) is 5.82 Å². The number of phenolic OH excluding ortho intramolecular Hbond substituents is 1. The molecule has 2 heterocycles. The van der Waals surface area contributed by atoms with Crippen molar-refractivity contribution in [3.05, 3.63) is 34.9 Å². The Morgan fingerprint density at radius 3 is 2.81 bits per heavy atom. The molecule has 1 aliphatic carbocycles. The smallest absolute Gasteiger partial charge is 0.151 e. The lowest BCUT2D eigenvalue weighted by molar-refractivity contribution is 0.111. The summed E-state index contributed by atoms with van der Waals surface area (Å²) in [4.78, 5) is 0. The first kappa shape index (κ1) is 12.6. The van der Waals surface area contributed by atoms with E-state index < -0.39 is 0 Å². The lowest BCUT2D eigenvalue weighted by Crippen LogP contribution is -2.16. The maximum Gasteiger partial charge on any atom is 0.151 e. The Morgan fingerprint density at radius 2 is 2.05 bits per heavy atom. The van der Waals surface area contributed by atoms with Crippen molar-refractivity contribution < 1.29 is 9.84 Å². The van der Waals surface area contributed by atoms with Crippen LogP contribution >= 0.6 is 0 Å². The van der Waals surface area contributed by atoms with Crippen LogP contribution in [0.4, 0.5) is 5.82 Å². The van der Waals surface area contributed by atoms with Gasteiger partial charge in [-0.1, -0.05) is 6.07 Å². The second kappa shape index (κ2) is 4.70. The molecule has 108 valence electrons. The van der Waals surface area contributed by atoms with Crippen LogP contribution in [0.15, 0.2) is 18.2 Å². The highest BCUT2D eigenvalue weighted by Crippen LogP contribution is 2.43. The number of hydrogen-bond acceptors (Lipinski definition) is 5. The number of rotatable bonds is 2. The first-order chi connectivity index (χ1) is 10.2. The molecule has 1 aliphatic heterocycles. The van der Waals surface area contributed by atoms with Gasteiger partial charge in [0.25, 0.3) is 0 Å². The molecule has 1 aromatic heterocycles. The summed E-state index contributed by atoms with van der Waals surface area (Å²) in [6.45, 7) is 1.11. The largest absolute Gasteiger partial charge is 0.507 e. The van der Waals surface area contributed by atoms with Crippen molar-refractivity contribution in [2.24, 2.45) is 0 Å². The fourth-order valence-electron chi connectivity index (χ4n) is 2.94. The third kappa shape index (κ3) is 2.14. The Bertz CT molecular complexity index is 711. The fraction of sp³-hybridized carbons (Fsp3) is 0.375. The van der Waals surface area contributed by atoms with E-state index in [4.69, 9.17) is 10.5 Å². The summed E-state index contributed by atoms with van der Waals surface area (Å²) in [5.74, 6) is 1.31. The summed E-state index contributed by atoms with van der Waals surface area (Å²) < 4.78 is 5.45. The van der Waals surface area contributed by atoms with Gasteiger partial charge in [0.05, 0.1) is 13.2 Å². The Labute approximate surface area is 122 Å². The number of nitrogens with zero attached hydrogens (tertiary/aromatic N) is 2. The molecule has 2 aromatic rings. The molecular weight excluding hydrogens is 266 g/mol. The maximum atomic E-state index is 10.4. The van der Waals surface area contributed by atoms with Crippen LogP contribution < -0.4 is 5.73 Å². The van der Waals surface area contributed by atoms with Crippen LogP contribution in [0.2, 0.25) is 0 Å². The van der Waals surface area contributed by atoms with Crippen LogP contribution in [0.25, 0.3) is 11.3 Å². The van der Waals surface area contributed by atoms with Crippen molar-refractivity contribution in [2.45, 2.75) is 31.8 Å². The van der Waals surface area contributed by atoms with Gasteiger partial charge in [0.1, 0.15) is 11.4 Å². The second-order valence-electron chi connectivity index (χ2n) is 5.74. The molecule has 3 N–H and O–H groups in total. The third-order valence-electron chi connectivity index (χ3n) is 4.29. The second-order valence-corrected chi connectivity index (χ2v) is 5.74. The molecule has 1 aromatic carbocycles. The molecule has 0 unspecified atom stereocenters. The number of nitrogens with two attached hydrogens (primary N) is 1. The van der Waals surface area contributed by atoms with Crippen molar-refractivity contribution in [2.75, 3.05) is 12.3 Å². The molecule has 0 amide bonds. The van der Waals surface area contributed by atoms with E-state index in [0.29, 0.717) is 24.9 Å². The minimum atomic E-state index is 0.271. The van der Waals surface area contributed by atoms with E-state index in [0.717, 1.165) is 28.8 Å². The summed E-state index contributed by atoms with van der Waals surface area (Å²) in [6, 6.07) is 5.88. The van der Waals surface area contributed by atoms with Crippen molar-refractivity contribution in [1.82, 2.24) is 10.2 Å². The predicted octanol–water partition coefficient (Wildman–Crippen LogP) is 2.38. The van der Waals surface area contributed by atoms with Gasteiger partial charge in [-0.3, -0.25) is 0 Å². The van der Waals surface area contributed by atoms with Gasteiger partial charge in [-0.15, -0.1) is 10.2 Å². The number of ether oxygens (including phenoxy) is 1. The number of fused-ring (bicyclic) bond motifs is 1. The predicted molar refractivity (Wildman–Crippen MR) is 78.9 cm³/mol. The number of hydrogen-bond donors (Lipinski definition) is 2. The van der Waals surface area contributed by atoms with Crippen LogP contribution in [-0.2, 0) is 17.8 Å². The minimum Gasteiger partial charge on any atom is -0.507 e.